The first-order valence-corrected chi connectivity index (χ1v) is 9.22. The second-order valence-electron chi connectivity index (χ2n) is 7.59. The molecule has 3 fully saturated rings. The lowest BCUT2D eigenvalue weighted by molar-refractivity contribution is 0.0555. The molecule has 4 nitrogen and oxygen atoms in total. The van der Waals surface area contributed by atoms with Crippen molar-refractivity contribution in [2.24, 2.45) is 5.92 Å². The molecule has 0 N–H and O–H groups in total. The Morgan fingerprint density at radius 3 is 2.64 bits per heavy atom. The van der Waals surface area contributed by atoms with Crippen molar-refractivity contribution >= 4 is 23.2 Å². The normalized spacial score (nSPS) is 27.2. The quantitative estimate of drug-likeness (QED) is 0.825. The van der Waals surface area contributed by atoms with Gasteiger partial charge in [0.2, 0.25) is 0 Å². The van der Waals surface area contributed by atoms with E-state index in [9.17, 15) is 4.79 Å². The van der Waals surface area contributed by atoms with E-state index in [4.69, 9.17) is 4.74 Å². The van der Waals surface area contributed by atoms with Crippen molar-refractivity contribution in [2.75, 3.05) is 26.7 Å². The summed E-state index contributed by atoms with van der Waals surface area (Å²) in [4.78, 5) is 15.8. The minimum atomic E-state index is 0. The van der Waals surface area contributed by atoms with Crippen molar-refractivity contribution < 1.29 is 4.74 Å². The van der Waals surface area contributed by atoms with Crippen molar-refractivity contribution in [1.29, 1.82) is 0 Å². The number of hydrogen-bond acceptors (Lipinski definition) is 3. The van der Waals surface area contributed by atoms with Crippen LogP contribution in [-0.2, 0) is 12.8 Å². The summed E-state index contributed by atoms with van der Waals surface area (Å²) in [5.41, 5.74) is 2.76. The van der Waals surface area contributed by atoms with Gasteiger partial charge in [-0.2, -0.15) is 0 Å². The molecule has 1 aromatic carbocycles. The van der Waals surface area contributed by atoms with Gasteiger partial charge in [-0.1, -0.05) is 0 Å². The zero-order chi connectivity index (χ0) is 16.3. The molecule has 2 bridgehead atoms. The smallest absolute Gasteiger partial charge is 0.258 e. The highest BCUT2D eigenvalue weighted by atomic mass is 35.5. The molecular weight excluding hydrogens is 336 g/mol. The van der Waals surface area contributed by atoms with Crippen molar-refractivity contribution in [3.8, 4) is 5.75 Å². The third-order valence-electron chi connectivity index (χ3n) is 6.42. The Labute approximate surface area is 154 Å². The predicted octanol–water partition coefficient (Wildman–Crippen LogP) is 3.19. The molecule has 0 saturated carbocycles. The molecule has 5 heteroatoms. The Morgan fingerprint density at radius 2 is 1.96 bits per heavy atom. The average molecular weight is 361 g/mol. The first kappa shape index (κ1) is 16.9. The van der Waals surface area contributed by atoms with Crippen LogP contribution in [0, 0.1) is 5.92 Å². The zero-order valence-electron chi connectivity index (χ0n) is 14.7. The van der Waals surface area contributed by atoms with E-state index in [-0.39, 0.29) is 18.0 Å². The average Bonchev–Trinajstić information content (AvgIpc) is 2.65. The second-order valence-corrected chi connectivity index (χ2v) is 7.59. The van der Waals surface area contributed by atoms with Crippen molar-refractivity contribution in [2.45, 2.75) is 38.1 Å². The molecule has 4 aliphatic rings. The third kappa shape index (κ3) is 2.49. The number of rotatable bonds is 2. The zero-order valence-corrected chi connectivity index (χ0v) is 15.5. The molecule has 0 radical (unpaired) electrons. The van der Waals surface area contributed by atoms with Crippen molar-refractivity contribution in [3.05, 3.63) is 39.8 Å². The number of halogens is 1. The van der Waals surface area contributed by atoms with Crippen LogP contribution in [0.1, 0.15) is 36.4 Å². The summed E-state index contributed by atoms with van der Waals surface area (Å²) in [5.74, 6) is 1.60. The number of fused-ring (bicyclic) bond motifs is 3. The molecule has 25 heavy (non-hydrogen) atoms. The summed E-state index contributed by atoms with van der Waals surface area (Å²) in [6.07, 6.45) is 7.87. The first-order chi connectivity index (χ1) is 11.8. The highest BCUT2D eigenvalue weighted by Crippen LogP contribution is 2.38. The van der Waals surface area contributed by atoms with E-state index in [0.717, 1.165) is 36.9 Å². The number of pyridine rings is 1. The Bertz CT molecular complexity index is 868. The Hall–Kier alpha value is -1.52. The van der Waals surface area contributed by atoms with Gasteiger partial charge in [-0.3, -0.25) is 4.79 Å². The highest BCUT2D eigenvalue weighted by molar-refractivity contribution is 5.90. The number of piperidine rings is 3. The summed E-state index contributed by atoms with van der Waals surface area (Å²) in [7, 11) is 1.72. The molecule has 4 heterocycles. The number of aryl methyl sites for hydroxylation is 2. The number of nitrogens with zero attached hydrogens (tertiary/aromatic N) is 2. The maximum Gasteiger partial charge on any atom is 0.258 e. The number of benzene rings is 1. The maximum atomic E-state index is 13.3. The Morgan fingerprint density at radius 1 is 1.16 bits per heavy atom. The maximum absolute atomic E-state index is 13.3. The molecule has 1 aliphatic carbocycles. The van der Waals surface area contributed by atoms with Gasteiger partial charge >= 0.3 is 0 Å². The van der Waals surface area contributed by atoms with Gasteiger partial charge in [-0.25, -0.2) is 0 Å². The molecule has 1 atom stereocenters. The van der Waals surface area contributed by atoms with E-state index in [1.807, 2.05) is 12.1 Å². The van der Waals surface area contributed by atoms with Gasteiger partial charge in [0.05, 0.1) is 13.2 Å². The fourth-order valence-electron chi connectivity index (χ4n) is 5.18. The van der Waals surface area contributed by atoms with Gasteiger partial charge < -0.3 is 14.2 Å². The fourth-order valence-corrected chi connectivity index (χ4v) is 5.18. The highest BCUT2D eigenvalue weighted by Gasteiger charge is 2.36. The van der Waals surface area contributed by atoms with Gasteiger partial charge in [-0.15, -0.1) is 12.4 Å². The van der Waals surface area contributed by atoms with Crippen LogP contribution in [0.4, 0.5) is 0 Å². The number of methoxy groups -OCH3 is 1. The van der Waals surface area contributed by atoms with Crippen LogP contribution in [-0.4, -0.2) is 36.2 Å². The van der Waals surface area contributed by atoms with E-state index in [2.05, 4.69) is 15.7 Å². The molecule has 3 aliphatic heterocycles. The first-order valence-electron chi connectivity index (χ1n) is 9.22. The summed E-state index contributed by atoms with van der Waals surface area (Å²) >= 11 is 0. The van der Waals surface area contributed by atoms with Crippen LogP contribution in [0.2, 0.25) is 0 Å². The Kier molecular flexibility index (Phi) is 4.28. The molecule has 6 rings (SSSR count). The third-order valence-corrected chi connectivity index (χ3v) is 6.42. The lowest BCUT2D eigenvalue weighted by Gasteiger charge is -2.45. The van der Waals surface area contributed by atoms with Crippen LogP contribution in [0.15, 0.2) is 23.1 Å². The topological polar surface area (TPSA) is 34.5 Å². The minimum absolute atomic E-state index is 0. The van der Waals surface area contributed by atoms with E-state index in [0.29, 0.717) is 12.0 Å². The molecule has 134 valence electrons. The molecule has 0 amide bonds. The summed E-state index contributed by atoms with van der Waals surface area (Å²) in [6, 6.07) is 4.31. The lowest BCUT2D eigenvalue weighted by Crippen LogP contribution is -2.50. The second kappa shape index (κ2) is 6.33. The van der Waals surface area contributed by atoms with E-state index in [1.54, 1.807) is 7.11 Å². The summed E-state index contributed by atoms with van der Waals surface area (Å²) in [5, 5.41) is 2.06. The minimum Gasteiger partial charge on any atom is -0.496 e. The van der Waals surface area contributed by atoms with Gasteiger partial charge in [0.1, 0.15) is 5.75 Å². The van der Waals surface area contributed by atoms with E-state index in [1.165, 1.54) is 42.4 Å². The van der Waals surface area contributed by atoms with Crippen LogP contribution in [0.3, 0.4) is 0 Å². The molecular formula is C20H25ClN2O2. The fraction of sp³-hybridized carbons (Fsp3) is 0.550. The SMILES string of the molecule is COc1ccc2c(=O)n([C@@H]3CN4CCC3CC4)cc3c2c1CCC3.Cl. The van der Waals surface area contributed by atoms with Crippen molar-refractivity contribution in [3.63, 3.8) is 0 Å². The molecule has 3 saturated heterocycles. The summed E-state index contributed by atoms with van der Waals surface area (Å²) in [6.45, 7) is 3.45. The lowest BCUT2D eigenvalue weighted by atomic mass is 9.83. The predicted molar refractivity (Wildman–Crippen MR) is 102 cm³/mol. The molecule has 2 aromatic rings. The van der Waals surface area contributed by atoms with Crippen molar-refractivity contribution in [1.82, 2.24) is 9.47 Å². The van der Waals surface area contributed by atoms with Gasteiger partial charge in [0, 0.05) is 23.7 Å². The van der Waals surface area contributed by atoms with Crippen LogP contribution in [0.25, 0.3) is 10.8 Å². The van der Waals surface area contributed by atoms with E-state index < -0.39 is 0 Å². The standard InChI is InChI=1S/C20H24N2O2.ClH/c1-24-18-6-5-16-19-14(3-2-4-15(18)19)11-22(20(16)23)17-12-21-9-7-13(17)8-10-21;/h5-6,11,13,17H,2-4,7-10,12H2,1H3;1H/t17-;/m1./s1. The van der Waals surface area contributed by atoms with Crippen LogP contribution in [0.5, 0.6) is 5.75 Å². The monoisotopic (exact) mass is 360 g/mol. The molecule has 0 spiro atoms. The molecule has 1 aromatic heterocycles. The number of hydrogen-bond donors (Lipinski definition) is 0. The van der Waals surface area contributed by atoms with Crippen LogP contribution >= 0.6 is 12.4 Å². The van der Waals surface area contributed by atoms with Crippen LogP contribution < -0.4 is 10.3 Å². The molecule has 0 unspecified atom stereocenters. The summed E-state index contributed by atoms with van der Waals surface area (Å²) < 4.78 is 7.62. The Balaban J connectivity index is 0.00000157. The van der Waals surface area contributed by atoms with Gasteiger partial charge in [0.25, 0.3) is 5.56 Å². The number of aromatic nitrogens is 1. The van der Waals surface area contributed by atoms with Gasteiger partial charge in [0.15, 0.2) is 0 Å². The largest absolute Gasteiger partial charge is 0.496 e. The van der Waals surface area contributed by atoms with Gasteiger partial charge in [-0.05, 0) is 74.2 Å². The van der Waals surface area contributed by atoms with E-state index >= 15 is 0 Å². The number of ether oxygens (including phenoxy) is 1.